The Hall–Kier alpha value is -1.90. The summed E-state index contributed by atoms with van der Waals surface area (Å²) in [6, 6.07) is 9.75. The molecule has 0 aliphatic heterocycles. The van der Waals surface area contributed by atoms with Gasteiger partial charge in [-0.05, 0) is 12.5 Å². The molecule has 2 rings (SSSR count). The van der Waals surface area contributed by atoms with Crippen LogP contribution in [0, 0.1) is 6.92 Å². The van der Waals surface area contributed by atoms with Crippen molar-refractivity contribution in [1.29, 1.82) is 0 Å². The zero-order valence-electron chi connectivity index (χ0n) is 7.82. The van der Waals surface area contributed by atoms with Crippen LogP contribution in [-0.4, -0.2) is 10.2 Å². The highest BCUT2D eigenvalue weighted by molar-refractivity contribution is 5.65. The number of benzene rings is 1. The van der Waals surface area contributed by atoms with Crippen LogP contribution in [0.1, 0.15) is 5.56 Å². The first-order chi connectivity index (χ1) is 6.79. The Balaban J connectivity index is 2.64. The minimum absolute atomic E-state index is 0.133. The van der Waals surface area contributed by atoms with E-state index in [0.29, 0.717) is 5.56 Å². The summed E-state index contributed by atoms with van der Waals surface area (Å²) in [5.74, 6) is 0. The van der Waals surface area contributed by atoms with Crippen molar-refractivity contribution in [3.05, 3.63) is 52.4 Å². The number of rotatable bonds is 1. The number of aromatic amines is 1. The Kier molecular flexibility index (Phi) is 2.14. The monoisotopic (exact) mass is 186 g/mol. The summed E-state index contributed by atoms with van der Waals surface area (Å²) in [4.78, 5) is 11.3. The number of nitrogens with zero attached hydrogens (tertiary/aromatic N) is 1. The second-order valence-electron chi connectivity index (χ2n) is 3.10. The molecule has 1 heterocycles. The lowest BCUT2D eigenvalue weighted by atomic mass is 10.0. The van der Waals surface area contributed by atoms with E-state index in [1.807, 2.05) is 30.3 Å². The van der Waals surface area contributed by atoms with Gasteiger partial charge in [0.15, 0.2) is 0 Å². The average Bonchev–Trinajstić information content (AvgIpc) is 2.23. The molecular weight excluding hydrogens is 176 g/mol. The topological polar surface area (TPSA) is 45.8 Å². The van der Waals surface area contributed by atoms with Crippen molar-refractivity contribution in [2.75, 3.05) is 0 Å². The molecule has 0 spiro atoms. The Bertz CT molecular complexity index is 488. The lowest BCUT2D eigenvalue weighted by Crippen LogP contribution is -2.11. The van der Waals surface area contributed by atoms with Crippen molar-refractivity contribution in [2.45, 2.75) is 6.92 Å². The Morgan fingerprint density at radius 1 is 1.21 bits per heavy atom. The second kappa shape index (κ2) is 3.46. The summed E-state index contributed by atoms with van der Waals surface area (Å²) in [7, 11) is 0. The predicted molar refractivity (Wildman–Crippen MR) is 55.0 cm³/mol. The Morgan fingerprint density at radius 2 is 1.93 bits per heavy atom. The van der Waals surface area contributed by atoms with Crippen molar-refractivity contribution in [1.82, 2.24) is 10.2 Å². The molecule has 14 heavy (non-hydrogen) atoms. The van der Waals surface area contributed by atoms with Crippen molar-refractivity contribution in [2.24, 2.45) is 0 Å². The minimum atomic E-state index is -0.133. The SMILES string of the molecule is Cc1c(-c2ccccc2)cn[nH]c1=O. The molecule has 0 aliphatic carbocycles. The van der Waals surface area contributed by atoms with E-state index in [9.17, 15) is 4.79 Å². The summed E-state index contributed by atoms with van der Waals surface area (Å²) in [5.41, 5.74) is 2.47. The lowest BCUT2D eigenvalue weighted by molar-refractivity contribution is 0.972. The number of nitrogens with one attached hydrogen (secondary N) is 1. The molecular formula is C11H10N2O. The maximum Gasteiger partial charge on any atom is 0.267 e. The average molecular weight is 186 g/mol. The van der Waals surface area contributed by atoms with Crippen molar-refractivity contribution >= 4 is 0 Å². The smallest absolute Gasteiger partial charge is 0.267 e. The predicted octanol–water partition coefficient (Wildman–Crippen LogP) is 1.75. The molecule has 0 unspecified atom stereocenters. The molecule has 0 saturated carbocycles. The highest BCUT2D eigenvalue weighted by atomic mass is 16.1. The summed E-state index contributed by atoms with van der Waals surface area (Å²) >= 11 is 0. The molecule has 3 heteroatoms. The van der Waals surface area contributed by atoms with Gasteiger partial charge >= 0.3 is 0 Å². The van der Waals surface area contributed by atoms with Crippen LogP contribution in [0.3, 0.4) is 0 Å². The molecule has 0 amide bonds. The van der Waals surface area contributed by atoms with Crippen molar-refractivity contribution in [3.63, 3.8) is 0 Å². The van der Waals surface area contributed by atoms with Gasteiger partial charge in [0.05, 0.1) is 6.20 Å². The zero-order chi connectivity index (χ0) is 9.97. The van der Waals surface area contributed by atoms with E-state index in [0.717, 1.165) is 11.1 Å². The van der Waals surface area contributed by atoms with E-state index < -0.39 is 0 Å². The first kappa shape index (κ1) is 8.69. The number of hydrogen-bond acceptors (Lipinski definition) is 2. The molecule has 0 aliphatic rings. The largest absolute Gasteiger partial charge is 0.268 e. The van der Waals surface area contributed by atoms with Crippen LogP contribution in [0.25, 0.3) is 11.1 Å². The third-order valence-corrected chi connectivity index (χ3v) is 2.19. The van der Waals surface area contributed by atoms with Crippen molar-refractivity contribution < 1.29 is 0 Å². The van der Waals surface area contributed by atoms with E-state index in [2.05, 4.69) is 10.2 Å². The summed E-state index contributed by atoms with van der Waals surface area (Å²) in [6.45, 7) is 1.79. The van der Waals surface area contributed by atoms with Crippen LogP contribution in [0.4, 0.5) is 0 Å². The van der Waals surface area contributed by atoms with Gasteiger partial charge in [0, 0.05) is 11.1 Å². The molecule has 3 nitrogen and oxygen atoms in total. The van der Waals surface area contributed by atoms with Gasteiger partial charge in [-0.25, -0.2) is 5.10 Å². The third-order valence-electron chi connectivity index (χ3n) is 2.19. The van der Waals surface area contributed by atoms with Crippen LogP contribution in [0.2, 0.25) is 0 Å². The molecule has 1 aromatic carbocycles. The van der Waals surface area contributed by atoms with Gasteiger partial charge in [-0.1, -0.05) is 30.3 Å². The quantitative estimate of drug-likeness (QED) is 0.737. The molecule has 0 fully saturated rings. The molecule has 1 N–H and O–H groups in total. The minimum Gasteiger partial charge on any atom is -0.268 e. The molecule has 1 aromatic heterocycles. The van der Waals surface area contributed by atoms with Crippen LogP contribution in [0.5, 0.6) is 0 Å². The van der Waals surface area contributed by atoms with Gasteiger partial charge in [0.1, 0.15) is 0 Å². The van der Waals surface area contributed by atoms with E-state index in [4.69, 9.17) is 0 Å². The number of H-pyrrole nitrogens is 1. The molecule has 2 aromatic rings. The zero-order valence-corrected chi connectivity index (χ0v) is 7.82. The highest BCUT2D eigenvalue weighted by Gasteiger charge is 2.03. The number of hydrogen-bond donors (Lipinski definition) is 1. The van der Waals surface area contributed by atoms with Crippen LogP contribution in [-0.2, 0) is 0 Å². The van der Waals surface area contributed by atoms with Gasteiger partial charge in [0.25, 0.3) is 5.56 Å². The standard InChI is InChI=1S/C11H10N2O/c1-8-10(7-12-13-11(8)14)9-5-3-2-4-6-9/h2-7H,1H3,(H,13,14). The van der Waals surface area contributed by atoms with E-state index in [1.165, 1.54) is 0 Å². The third kappa shape index (κ3) is 1.44. The first-order valence-corrected chi connectivity index (χ1v) is 4.39. The highest BCUT2D eigenvalue weighted by Crippen LogP contribution is 2.18. The van der Waals surface area contributed by atoms with Gasteiger partial charge in [-0.15, -0.1) is 0 Å². The maximum absolute atomic E-state index is 11.3. The molecule has 0 radical (unpaired) electrons. The van der Waals surface area contributed by atoms with Crippen LogP contribution >= 0.6 is 0 Å². The fourth-order valence-electron chi connectivity index (χ4n) is 1.37. The Labute approximate surface area is 81.4 Å². The summed E-state index contributed by atoms with van der Waals surface area (Å²) < 4.78 is 0. The lowest BCUT2D eigenvalue weighted by Gasteiger charge is -2.02. The molecule has 0 bridgehead atoms. The first-order valence-electron chi connectivity index (χ1n) is 4.39. The van der Waals surface area contributed by atoms with Crippen molar-refractivity contribution in [3.8, 4) is 11.1 Å². The number of aromatic nitrogens is 2. The van der Waals surface area contributed by atoms with Crippen LogP contribution < -0.4 is 5.56 Å². The molecule has 0 saturated heterocycles. The van der Waals surface area contributed by atoms with E-state index >= 15 is 0 Å². The Morgan fingerprint density at radius 3 is 2.64 bits per heavy atom. The fraction of sp³-hybridized carbons (Fsp3) is 0.0909. The van der Waals surface area contributed by atoms with E-state index in [-0.39, 0.29) is 5.56 Å². The molecule has 70 valence electrons. The summed E-state index contributed by atoms with van der Waals surface area (Å²) in [6.07, 6.45) is 1.67. The summed E-state index contributed by atoms with van der Waals surface area (Å²) in [5, 5.41) is 6.19. The van der Waals surface area contributed by atoms with Crippen LogP contribution in [0.15, 0.2) is 41.3 Å². The van der Waals surface area contributed by atoms with Gasteiger partial charge in [-0.3, -0.25) is 4.79 Å². The van der Waals surface area contributed by atoms with E-state index in [1.54, 1.807) is 13.1 Å². The normalized spacial score (nSPS) is 10.1. The maximum atomic E-state index is 11.3. The molecule has 0 atom stereocenters. The van der Waals surface area contributed by atoms with Gasteiger partial charge in [-0.2, -0.15) is 5.10 Å². The van der Waals surface area contributed by atoms with Gasteiger partial charge < -0.3 is 0 Å². The van der Waals surface area contributed by atoms with Gasteiger partial charge in [0.2, 0.25) is 0 Å². The second-order valence-corrected chi connectivity index (χ2v) is 3.10. The fourth-order valence-corrected chi connectivity index (χ4v) is 1.37.